The number of rotatable bonds is 21. The molecule has 2 nitrogen and oxygen atoms in total. The number of nitrogens with zero attached hydrogens (tertiary/aromatic N) is 2. The molecule has 0 saturated heterocycles. The van der Waals surface area contributed by atoms with Crippen LogP contribution in [-0.4, -0.2) is 18.1 Å². The van der Waals surface area contributed by atoms with Gasteiger partial charge in [0.1, 0.15) is 5.01 Å². The lowest BCUT2D eigenvalue weighted by atomic mass is 10.1. The van der Waals surface area contributed by atoms with Crippen molar-refractivity contribution in [1.29, 1.82) is 0 Å². The second kappa shape index (κ2) is 19.0. The summed E-state index contributed by atoms with van der Waals surface area (Å²) in [7, 11) is 0. The van der Waals surface area contributed by atoms with E-state index in [1.807, 2.05) is 0 Å². The first-order valence-corrected chi connectivity index (χ1v) is 16.5. The summed E-state index contributed by atoms with van der Waals surface area (Å²) in [5.74, 6) is 0. The minimum absolute atomic E-state index is 1.07. The molecule has 0 radical (unpaired) electrons. The molecule has 0 aliphatic carbocycles. The van der Waals surface area contributed by atoms with Crippen molar-refractivity contribution in [2.24, 2.45) is 0 Å². The van der Waals surface area contributed by atoms with E-state index in [1.165, 1.54) is 132 Å². The summed E-state index contributed by atoms with van der Waals surface area (Å²) < 4.78 is 1.25. The van der Waals surface area contributed by atoms with E-state index in [0.717, 1.165) is 10.5 Å². The van der Waals surface area contributed by atoms with E-state index in [0.29, 0.717) is 0 Å². The normalized spacial score (nSPS) is 11.6. The number of para-hydroxylation sites is 1. The lowest BCUT2D eigenvalue weighted by Crippen LogP contribution is -2.25. The summed E-state index contributed by atoms with van der Waals surface area (Å²) in [6.07, 6.45) is 26.5. The Balaban J connectivity index is 1.48. The van der Waals surface area contributed by atoms with Crippen LogP contribution < -0.4 is 4.90 Å². The maximum absolute atomic E-state index is 4.74. The van der Waals surface area contributed by atoms with Crippen molar-refractivity contribution in [3.8, 4) is 0 Å². The van der Waals surface area contributed by atoms with Crippen LogP contribution in [0.1, 0.15) is 127 Å². The number of fused-ring (bicyclic) bond motifs is 1. The smallest absolute Gasteiger partial charge is 0.117 e. The highest BCUT2D eigenvalue weighted by Gasteiger charge is 2.07. The Bertz CT molecular complexity index is 967. The number of benzene rings is 2. The maximum Gasteiger partial charge on any atom is 0.117 e. The molecule has 1 aromatic heterocycles. The monoisotopic (exact) mass is 532 g/mol. The molecular weight excluding hydrogens is 480 g/mol. The van der Waals surface area contributed by atoms with E-state index >= 15 is 0 Å². The minimum Gasteiger partial charge on any atom is -0.372 e. The summed E-state index contributed by atoms with van der Waals surface area (Å²) in [5.41, 5.74) is 3.71. The highest BCUT2D eigenvalue weighted by molar-refractivity contribution is 7.19. The second-order valence-electron chi connectivity index (χ2n) is 10.9. The Hall–Kier alpha value is -2.13. The van der Waals surface area contributed by atoms with E-state index < -0.39 is 0 Å². The fourth-order valence-electron chi connectivity index (χ4n) is 5.17. The molecule has 0 fully saturated rings. The Morgan fingerprint density at radius 3 is 1.68 bits per heavy atom. The predicted molar refractivity (Wildman–Crippen MR) is 172 cm³/mol. The molecule has 2 aromatic carbocycles. The molecule has 0 N–H and O–H groups in total. The van der Waals surface area contributed by atoms with Crippen molar-refractivity contribution in [3.63, 3.8) is 0 Å². The number of thiazole rings is 1. The molecule has 3 rings (SSSR count). The molecule has 0 amide bonds. The van der Waals surface area contributed by atoms with Crippen LogP contribution in [0.25, 0.3) is 22.4 Å². The molecule has 0 spiro atoms. The predicted octanol–water partition coefficient (Wildman–Crippen LogP) is 11.6. The van der Waals surface area contributed by atoms with Crippen molar-refractivity contribution >= 4 is 39.4 Å². The van der Waals surface area contributed by atoms with Crippen molar-refractivity contribution in [2.45, 2.75) is 117 Å². The van der Waals surface area contributed by atoms with Crippen molar-refractivity contribution in [3.05, 3.63) is 59.1 Å². The van der Waals surface area contributed by atoms with Gasteiger partial charge in [-0.05, 0) is 48.7 Å². The van der Waals surface area contributed by atoms with Gasteiger partial charge in [-0.15, -0.1) is 11.3 Å². The van der Waals surface area contributed by atoms with Gasteiger partial charge in [-0.25, -0.2) is 4.98 Å². The van der Waals surface area contributed by atoms with Crippen LogP contribution in [0.5, 0.6) is 0 Å². The van der Waals surface area contributed by atoms with Crippen LogP contribution in [0.4, 0.5) is 5.69 Å². The average Bonchev–Trinajstić information content (AvgIpc) is 3.37. The number of anilines is 1. The summed E-state index contributed by atoms with van der Waals surface area (Å²) in [6, 6.07) is 17.6. The van der Waals surface area contributed by atoms with Crippen LogP contribution in [0.3, 0.4) is 0 Å². The van der Waals surface area contributed by atoms with E-state index in [-0.39, 0.29) is 0 Å². The topological polar surface area (TPSA) is 16.1 Å². The standard InChI is InChI=1S/C35H52N2S/c1-3-5-7-9-11-13-15-19-29-37(30-20-16-14-12-10-8-6-4-2)32-26-23-31(24-27-32)25-28-35-36-33-21-17-18-22-34(33)38-35/h17-18,21-28H,3-16,19-20,29-30H2,1-2H3. The molecule has 0 bridgehead atoms. The second-order valence-corrected chi connectivity index (χ2v) is 11.9. The summed E-state index contributed by atoms with van der Waals surface area (Å²) >= 11 is 1.75. The third-order valence-corrected chi connectivity index (χ3v) is 8.55. The largest absolute Gasteiger partial charge is 0.372 e. The first-order valence-electron chi connectivity index (χ1n) is 15.7. The average molecular weight is 533 g/mol. The Morgan fingerprint density at radius 1 is 0.605 bits per heavy atom. The lowest BCUT2D eigenvalue weighted by molar-refractivity contribution is 0.555. The summed E-state index contributed by atoms with van der Waals surface area (Å²) in [4.78, 5) is 7.38. The number of hydrogen-bond acceptors (Lipinski definition) is 3. The zero-order chi connectivity index (χ0) is 26.7. The zero-order valence-corrected chi connectivity index (χ0v) is 25.1. The summed E-state index contributed by atoms with van der Waals surface area (Å²) in [5, 5.41) is 1.07. The van der Waals surface area contributed by atoms with E-state index in [9.17, 15) is 0 Å². The van der Waals surface area contributed by atoms with Gasteiger partial charge in [0.2, 0.25) is 0 Å². The fraction of sp³-hybridized carbons (Fsp3) is 0.571. The van der Waals surface area contributed by atoms with Gasteiger partial charge in [0.25, 0.3) is 0 Å². The van der Waals surface area contributed by atoms with E-state index in [2.05, 4.69) is 79.4 Å². The quantitative estimate of drug-likeness (QED) is 0.127. The SMILES string of the molecule is CCCCCCCCCCN(CCCCCCCCCC)c1ccc(C=Cc2nc3ccccc3s2)cc1. The van der Waals surface area contributed by atoms with Crippen LogP contribution in [-0.2, 0) is 0 Å². The minimum atomic E-state index is 1.07. The Morgan fingerprint density at radius 2 is 1.13 bits per heavy atom. The molecule has 0 aliphatic heterocycles. The molecule has 0 saturated carbocycles. The van der Waals surface area contributed by atoms with Crippen LogP contribution in [0.2, 0.25) is 0 Å². The fourth-order valence-corrected chi connectivity index (χ4v) is 6.04. The van der Waals surface area contributed by atoms with Crippen LogP contribution in [0, 0.1) is 0 Å². The highest BCUT2D eigenvalue weighted by atomic mass is 32.1. The highest BCUT2D eigenvalue weighted by Crippen LogP contribution is 2.24. The molecule has 0 aliphatic rings. The van der Waals surface area contributed by atoms with Gasteiger partial charge in [0.15, 0.2) is 0 Å². The maximum atomic E-state index is 4.74. The number of hydrogen-bond donors (Lipinski definition) is 0. The molecule has 0 unspecified atom stereocenters. The van der Waals surface area contributed by atoms with Gasteiger partial charge in [0, 0.05) is 18.8 Å². The van der Waals surface area contributed by atoms with Crippen molar-refractivity contribution in [1.82, 2.24) is 4.98 Å². The van der Waals surface area contributed by atoms with Crippen LogP contribution in [0.15, 0.2) is 48.5 Å². The molecule has 1 heterocycles. The first-order chi connectivity index (χ1) is 18.8. The molecular formula is C35H52N2S. The van der Waals surface area contributed by atoms with Crippen molar-refractivity contribution < 1.29 is 0 Å². The third-order valence-electron chi connectivity index (χ3n) is 7.55. The van der Waals surface area contributed by atoms with E-state index in [4.69, 9.17) is 4.98 Å². The van der Waals surface area contributed by atoms with Gasteiger partial charge in [-0.2, -0.15) is 0 Å². The number of unbranched alkanes of at least 4 members (excludes halogenated alkanes) is 14. The summed E-state index contributed by atoms with van der Waals surface area (Å²) in [6.45, 7) is 6.97. The zero-order valence-electron chi connectivity index (χ0n) is 24.3. The molecule has 3 heteroatoms. The van der Waals surface area contributed by atoms with Gasteiger partial charge in [0.05, 0.1) is 10.2 Å². The third kappa shape index (κ3) is 11.7. The molecule has 0 atom stereocenters. The van der Waals surface area contributed by atoms with Gasteiger partial charge < -0.3 is 4.90 Å². The number of aromatic nitrogens is 1. The molecule has 3 aromatic rings. The molecule has 208 valence electrons. The Kier molecular flexibility index (Phi) is 15.2. The van der Waals surface area contributed by atoms with Gasteiger partial charge in [-0.3, -0.25) is 0 Å². The van der Waals surface area contributed by atoms with Gasteiger partial charge in [-0.1, -0.05) is 134 Å². The van der Waals surface area contributed by atoms with Crippen LogP contribution >= 0.6 is 11.3 Å². The van der Waals surface area contributed by atoms with E-state index in [1.54, 1.807) is 11.3 Å². The lowest BCUT2D eigenvalue weighted by Gasteiger charge is -2.25. The van der Waals surface area contributed by atoms with Gasteiger partial charge >= 0.3 is 0 Å². The Labute approximate surface area is 237 Å². The first kappa shape index (κ1) is 30.4. The van der Waals surface area contributed by atoms with Crippen molar-refractivity contribution in [2.75, 3.05) is 18.0 Å². The molecule has 38 heavy (non-hydrogen) atoms.